The molecule has 0 spiro atoms. The molecule has 2 aromatic rings. The molecule has 28 heavy (non-hydrogen) atoms. The summed E-state index contributed by atoms with van der Waals surface area (Å²) in [7, 11) is 0. The molecule has 0 bridgehead atoms. The molecule has 2 N–H and O–H groups in total. The predicted octanol–water partition coefficient (Wildman–Crippen LogP) is 3.88. The lowest BCUT2D eigenvalue weighted by atomic mass is 10.0. The van der Waals surface area contributed by atoms with Gasteiger partial charge in [0.25, 0.3) is 5.91 Å². The Labute approximate surface area is 166 Å². The molecule has 0 heterocycles. The van der Waals surface area contributed by atoms with Crippen molar-refractivity contribution in [1.82, 2.24) is 5.32 Å². The van der Waals surface area contributed by atoms with Crippen molar-refractivity contribution >= 4 is 17.5 Å². The van der Waals surface area contributed by atoms with Crippen LogP contribution < -0.4 is 20.1 Å². The highest BCUT2D eigenvalue weighted by molar-refractivity contribution is 6.01. The standard InChI is InChI=1S/C22H28N2O4/c1-5-27-17-13-11-16(12-14-17)21(25)24-20(15(3)4)22(26)23-18-9-7-8-10-19(18)28-6-2/h7-15,20H,5-6H2,1-4H3,(H,23,26)(H,24,25)/t20-/m0/s1. The molecule has 2 aromatic carbocycles. The van der Waals surface area contributed by atoms with E-state index >= 15 is 0 Å². The lowest BCUT2D eigenvalue weighted by Gasteiger charge is -2.22. The van der Waals surface area contributed by atoms with Gasteiger partial charge in [-0.25, -0.2) is 0 Å². The second-order valence-electron chi connectivity index (χ2n) is 6.57. The molecule has 0 aliphatic carbocycles. The minimum absolute atomic E-state index is 0.0918. The van der Waals surface area contributed by atoms with Gasteiger partial charge in [-0.2, -0.15) is 0 Å². The van der Waals surface area contributed by atoms with Crippen LogP contribution in [0.5, 0.6) is 11.5 Å². The van der Waals surface area contributed by atoms with Crippen LogP contribution in [-0.2, 0) is 4.79 Å². The number of amides is 2. The molecule has 150 valence electrons. The van der Waals surface area contributed by atoms with Crippen molar-refractivity contribution in [1.29, 1.82) is 0 Å². The average molecular weight is 384 g/mol. The van der Waals surface area contributed by atoms with Crippen molar-refractivity contribution in [3.63, 3.8) is 0 Å². The summed E-state index contributed by atoms with van der Waals surface area (Å²) < 4.78 is 10.9. The van der Waals surface area contributed by atoms with Gasteiger partial charge in [-0.05, 0) is 56.2 Å². The van der Waals surface area contributed by atoms with Gasteiger partial charge in [-0.1, -0.05) is 26.0 Å². The fourth-order valence-electron chi connectivity index (χ4n) is 2.69. The maximum Gasteiger partial charge on any atom is 0.251 e. The number of para-hydroxylation sites is 2. The lowest BCUT2D eigenvalue weighted by molar-refractivity contribution is -0.118. The zero-order valence-electron chi connectivity index (χ0n) is 16.8. The fourth-order valence-corrected chi connectivity index (χ4v) is 2.69. The summed E-state index contributed by atoms with van der Waals surface area (Å²) in [5.41, 5.74) is 1.05. The van der Waals surface area contributed by atoms with Crippen molar-refractivity contribution in [2.45, 2.75) is 33.7 Å². The van der Waals surface area contributed by atoms with E-state index in [2.05, 4.69) is 10.6 Å². The zero-order chi connectivity index (χ0) is 20.5. The molecule has 0 fully saturated rings. The average Bonchev–Trinajstić information content (AvgIpc) is 2.68. The molecule has 0 saturated heterocycles. The summed E-state index contributed by atoms with van der Waals surface area (Å²) in [5, 5.41) is 5.68. The number of hydrogen-bond donors (Lipinski definition) is 2. The number of carbonyl (C=O) groups excluding carboxylic acids is 2. The van der Waals surface area contributed by atoms with Crippen LogP contribution in [0.3, 0.4) is 0 Å². The number of hydrogen-bond acceptors (Lipinski definition) is 4. The fraction of sp³-hybridized carbons (Fsp3) is 0.364. The molecule has 6 heteroatoms. The van der Waals surface area contributed by atoms with E-state index < -0.39 is 6.04 Å². The van der Waals surface area contributed by atoms with Gasteiger partial charge in [0.05, 0.1) is 18.9 Å². The van der Waals surface area contributed by atoms with E-state index in [-0.39, 0.29) is 17.7 Å². The molecule has 0 aliphatic heterocycles. The minimum Gasteiger partial charge on any atom is -0.494 e. The third-order valence-corrected chi connectivity index (χ3v) is 4.11. The highest BCUT2D eigenvalue weighted by Gasteiger charge is 2.25. The quantitative estimate of drug-likeness (QED) is 0.688. The van der Waals surface area contributed by atoms with Gasteiger partial charge in [0.15, 0.2) is 0 Å². The Morgan fingerprint density at radius 2 is 1.57 bits per heavy atom. The molecular formula is C22H28N2O4. The SMILES string of the molecule is CCOc1ccc(C(=O)N[C@H](C(=O)Nc2ccccc2OCC)C(C)C)cc1. The van der Waals surface area contributed by atoms with Crippen LogP contribution in [0.2, 0.25) is 0 Å². The maximum atomic E-state index is 12.8. The van der Waals surface area contributed by atoms with Crippen LogP contribution >= 0.6 is 0 Å². The van der Waals surface area contributed by atoms with Crippen molar-refractivity contribution in [3.05, 3.63) is 54.1 Å². The van der Waals surface area contributed by atoms with E-state index in [0.717, 1.165) is 0 Å². The zero-order valence-corrected chi connectivity index (χ0v) is 16.8. The molecule has 0 aliphatic rings. The first-order valence-electron chi connectivity index (χ1n) is 9.52. The topological polar surface area (TPSA) is 76.7 Å². The maximum absolute atomic E-state index is 12.8. The van der Waals surface area contributed by atoms with Gasteiger partial charge in [0.2, 0.25) is 5.91 Å². The number of anilines is 1. The van der Waals surface area contributed by atoms with Crippen molar-refractivity contribution < 1.29 is 19.1 Å². The second kappa shape index (κ2) is 10.3. The first kappa shape index (κ1) is 21.3. The first-order chi connectivity index (χ1) is 13.5. The molecule has 0 radical (unpaired) electrons. The number of carbonyl (C=O) groups is 2. The first-order valence-corrected chi connectivity index (χ1v) is 9.52. The third-order valence-electron chi connectivity index (χ3n) is 4.11. The molecule has 0 saturated carbocycles. The van der Waals surface area contributed by atoms with E-state index in [4.69, 9.17) is 9.47 Å². The van der Waals surface area contributed by atoms with Crippen LogP contribution in [0.4, 0.5) is 5.69 Å². The summed E-state index contributed by atoms with van der Waals surface area (Å²) in [6.45, 7) is 8.61. The van der Waals surface area contributed by atoms with Gasteiger partial charge in [-0.3, -0.25) is 9.59 Å². The Morgan fingerprint density at radius 3 is 2.18 bits per heavy atom. The minimum atomic E-state index is -0.686. The Kier molecular flexibility index (Phi) is 7.87. The number of ether oxygens (including phenoxy) is 2. The van der Waals surface area contributed by atoms with E-state index in [9.17, 15) is 9.59 Å². The van der Waals surface area contributed by atoms with Crippen LogP contribution in [0.1, 0.15) is 38.1 Å². The lowest BCUT2D eigenvalue weighted by Crippen LogP contribution is -2.47. The third kappa shape index (κ3) is 5.74. The Bertz CT molecular complexity index is 787. The second-order valence-corrected chi connectivity index (χ2v) is 6.57. The molecule has 2 amide bonds. The number of nitrogens with one attached hydrogen (secondary N) is 2. The van der Waals surface area contributed by atoms with Gasteiger partial charge in [0.1, 0.15) is 17.5 Å². The monoisotopic (exact) mass is 384 g/mol. The van der Waals surface area contributed by atoms with E-state index in [1.807, 2.05) is 39.8 Å². The summed E-state index contributed by atoms with van der Waals surface area (Å²) in [4.78, 5) is 25.4. The Morgan fingerprint density at radius 1 is 0.929 bits per heavy atom. The molecule has 2 rings (SSSR count). The molecule has 1 atom stereocenters. The normalized spacial score (nSPS) is 11.6. The van der Waals surface area contributed by atoms with Gasteiger partial charge in [-0.15, -0.1) is 0 Å². The van der Waals surface area contributed by atoms with Crippen LogP contribution in [-0.4, -0.2) is 31.1 Å². The van der Waals surface area contributed by atoms with E-state index in [1.165, 1.54) is 0 Å². The summed E-state index contributed by atoms with van der Waals surface area (Å²) in [6, 6.07) is 13.4. The van der Waals surface area contributed by atoms with E-state index in [1.54, 1.807) is 36.4 Å². The molecular weight excluding hydrogens is 356 g/mol. The predicted molar refractivity (Wildman–Crippen MR) is 110 cm³/mol. The molecule has 0 unspecified atom stereocenters. The smallest absolute Gasteiger partial charge is 0.251 e. The number of benzene rings is 2. The van der Waals surface area contributed by atoms with E-state index in [0.29, 0.717) is 36.0 Å². The summed E-state index contributed by atoms with van der Waals surface area (Å²) in [5.74, 6) is 0.603. The van der Waals surface area contributed by atoms with Gasteiger partial charge < -0.3 is 20.1 Å². The number of rotatable bonds is 9. The van der Waals surface area contributed by atoms with Crippen LogP contribution in [0.25, 0.3) is 0 Å². The summed E-state index contributed by atoms with van der Waals surface area (Å²) in [6.07, 6.45) is 0. The highest BCUT2D eigenvalue weighted by Crippen LogP contribution is 2.24. The Balaban J connectivity index is 2.10. The van der Waals surface area contributed by atoms with Crippen molar-refractivity contribution in [3.8, 4) is 11.5 Å². The van der Waals surface area contributed by atoms with Crippen LogP contribution in [0.15, 0.2) is 48.5 Å². The molecule has 6 nitrogen and oxygen atoms in total. The van der Waals surface area contributed by atoms with Crippen LogP contribution in [0, 0.1) is 5.92 Å². The highest BCUT2D eigenvalue weighted by atomic mass is 16.5. The van der Waals surface area contributed by atoms with Gasteiger partial charge >= 0.3 is 0 Å². The van der Waals surface area contributed by atoms with Crippen molar-refractivity contribution in [2.75, 3.05) is 18.5 Å². The Hall–Kier alpha value is -3.02. The summed E-state index contributed by atoms with van der Waals surface area (Å²) >= 11 is 0. The van der Waals surface area contributed by atoms with Crippen molar-refractivity contribution in [2.24, 2.45) is 5.92 Å². The van der Waals surface area contributed by atoms with Gasteiger partial charge in [0, 0.05) is 5.56 Å². The molecule has 0 aromatic heterocycles. The largest absolute Gasteiger partial charge is 0.494 e.